The van der Waals surface area contributed by atoms with E-state index in [1.54, 1.807) is 0 Å². The van der Waals surface area contributed by atoms with Crippen LogP contribution in [0.3, 0.4) is 0 Å². The second kappa shape index (κ2) is 48.0. The van der Waals surface area contributed by atoms with Gasteiger partial charge in [0.2, 0.25) is 0 Å². The number of unbranched alkanes of at least 4 members (excludes halogenated alkanes) is 16. The lowest BCUT2D eigenvalue weighted by Crippen LogP contribution is -2.30. The molecule has 340 valence electrons. The van der Waals surface area contributed by atoms with Gasteiger partial charge in [0, 0.05) is 19.3 Å². The van der Waals surface area contributed by atoms with Gasteiger partial charge in [-0.15, -0.1) is 0 Å². The Morgan fingerprint density at radius 2 is 0.750 bits per heavy atom. The number of carbonyl (C=O) groups is 3. The maximum Gasteiger partial charge on any atom is 0.306 e. The number of allylic oxidation sites excluding steroid dienone is 16. The van der Waals surface area contributed by atoms with Gasteiger partial charge in [0.25, 0.3) is 0 Å². The fraction of sp³-hybridized carbons (Fsp3) is 0.648. The molecule has 1 unspecified atom stereocenters. The van der Waals surface area contributed by atoms with Crippen LogP contribution in [0.25, 0.3) is 0 Å². The van der Waals surface area contributed by atoms with Crippen LogP contribution in [0.5, 0.6) is 0 Å². The van der Waals surface area contributed by atoms with Crippen molar-refractivity contribution in [1.29, 1.82) is 0 Å². The lowest BCUT2D eigenvalue weighted by molar-refractivity contribution is -0.166. The Bertz CT molecular complexity index is 1230. The molecule has 0 saturated carbocycles. The van der Waals surface area contributed by atoms with Crippen molar-refractivity contribution >= 4 is 17.9 Å². The highest BCUT2D eigenvalue weighted by molar-refractivity contribution is 5.71. The quantitative estimate of drug-likeness (QED) is 0.0200. The molecule has 0 amide bonds. The van der Waals surface area contributed by atoms with Gasteiger partial charge in [0.1, 0.15) is 13.2 Å². The summed E-state index contributed by atoms with van der Waals surface area (Å²) in [7, 11) is 0. The van der Waals surface area contributed by atoms with E-state index in [0.717, 1.165) is 83.5 Å². The largest absolute Gasteiger partial charge is 0.462 e. The highest BCUT2D eigenvalue weighted by Crippen LogP contribution is 2.13. The Hall–Kier alpha value is -3.67. The smallest absolute Gasteiger partial charge is 0.306 e. The van der Waals surface area contributed by atoms with E-state index in [0.29, 0.717) is 19.3 Å². The van der Waals surface area contributed by atoms with Gasteiger partial charge in [-0.2, -0.15) is 0 Å². The molecule has 0 saturated heterocycles. The van der Waals surface area contributed by atoms with Gasteiger partial charge in [-0.25, -0.2) is 0 Å². The lowest BCUT2D eigenvalue weighted by Gasteiger charge is -2.18. The molecule has 0 heterocycles. The molecule has 0 spiro atoms. The van der Waals surface area contributed by atoms with Gasteiger partial charge in [-0.05, 0) is 96.3 Å². The normalized spacial score (nSPS) is 12.9. The van der Waals surface area contributed by atoms with Crippen LogP contribution in [-0.2, 0) is 28.6 Å². The first-order valence-corrected chi connectivity index (χ1v) is 24.3. The number of hydrogen-bond acceptors (Lipinski definition) is 6. The summed E-state index contributed by atoms with van der Waals surface area (Å²) in [5.74, 6) is -1.04. The van der Waals surface area contributed by atoms with E-state index in [4.69, 9.17) is 14.2 Å². The highest BCUT2D eigenvalue weighted by atomic mass is 16.6. The zero-order chi connectivity index (χ0) is 43.7. The Morgan fingerprint density at radius 3 is 1.28 bits per heavy atom. The number of esters is 3. The van der Waals surface area contributed by atoms with E-state index in [-0.39, 0.29) is 37.5 Å². The van der Waals surface area contributed by atoms with Crippen molar-refractivity contribution in [3.8, 4) is 0 Å². The monoisotopic (exact) mass is 833 g/mol. The van der Waals surface area contributed by atoms with E-state index in [9.17, 15) is 14.4 Å². The molecule has 0 aromatic carbocycles. The summed E-state index contributed by atoms with van der Waals surface area (Å²) in [6.45, 7) is 6.34. The molecule has 6 nitrogen and oxygen atoms in total. The van der Waals surface area contributed by atoms with E-state index < -0.39 is 6.10 Å². The van der Waals surface area contributed by atoms with Crippen LogP contribution in [0.4, 0.5) is 0 Å². The van der Waals surface area contributed by atoms with Crippen molar-refractivity contribution < 1.29 is 28.6 Å². The first-order valence-electron chi connectivity index (χ1n) is 24.3. The second-order valence-corrected chi connectivity index (χ2v) is 15.7. The van der Waals surface area contributed by atoms with Crippen molar-refractivity contribution in [2.24, 2.45) is 0 Å². The van der Waals surface area contributed by atoms with Gasteiger partial charge < -0.3 is 14.2 Å². The number of ether oxygens (including phenoxy) is 3. The summed E-state index contributed by atoms with van der Waals surface area (Å²) in [6, 6.07) is 0. The van der Waals surface area contributed by atoms with Crippen molar-refractivity contribution in [1.82, 2.24) is 0 Å². The van der Waals surface area contributed by atoms with E-state index in [2.05, 4.69) is 106 Å². The van der Waals surface area contributed by atoms with Gasteiger partial charge >= 0.3 is 17.9 Å². The van der Waals surface area contributed by atoms with Crippen LogP contribution in [-0.4, -0.2) is 37.2 Å². The second-order valence-electron chi connectivity index (χ2n) is 15.7. The highest BCUT2D eigenvalue weighted by Gasteiger charge is 2.19. The summed E-state index contributed by atoms with van der Waals surface area (Å²) in [6.07, 6.45) is 62.6. The third-order valence-corrected chi connectivity index (χ3v) is 9.83. The lowest BCUT2D eigenvalue weighted by atomic mass is 10.1. The number of rotatable bonds is 42. The topological polar surface area (TPSA) is 78.9 Å². The molecule has 0 aromatic heterocycles. The van der Waals surface area contributed by atoms with Gasteiger partial charge in [0.05, 0.1) is 0 Å². The molecule has 0 aliphatic rings. The Labute approximate surface area is 368 Å². The molecule has 1 atom stereocenters. The Kier molecular flexibility index (Phi) is 45.1. The molecule has 0 aliphatic carbocycles. The van der Waals surface area contributed by atoms with Crippen LogP contribution < -0.4 is 0 Å². The number of hydrogen-bond donors (Lipinski definition) is 0. The maximum atomic E-state index is 12.8. The Balaban J connectivity index is 4.53. The SMILES string of the molecule is CC/C=C\C/C=C\C/C=C\C/C=C\C/C=C\CCC(=O)OCC(COC(=O)CCCCC/C=C\C=C/CCCC)OC(=O)CCCCCCCCC/C=C\CCCCCC. The summed E-state index contributed by atoms with van der Waals surface area (Å²) in [4.78, 5) is 37.8. The van der Waals surface area contributed by atoms with E-state index in [1.807, 2.05) is 12.2 Å². The third kappa shape index (κ3) is 45.4. The summed E-state index contributed by atoms with van der Waals surface area (Å²) >= 11 is 0. The first kappa shape index (κ1) is 56.3. The fourth-order valence-electron chi connectivity index (χ4n) is 6.17. The minimum atomic E-state index is -0.819. The molecular formula is C54H88O6. The first-order chi connectivity index (χ1) is 29.5. The van der Waals surface area contributed by atoms with Crippen LogP contribution >= 0.6 is 0 Å². The predicted octanol–water partition coefficient (Wildman–Crippen LogP) is 15.8. The predicted molar refractivity (Wildman–Crippen MR) is 256 cm³/mol. The average molecular weight is 833 g/mol. The van der Waals surface area contributed by atoms with E-state index >= 15 is 0 Å². The van der Waals surface area contributed by atoms with Crippen LogP contribution in [0.1, 0.15) is 207 Å². The van der Waals surface area contributed by atoms with Crippen molar-refractivity contribution in [2.45, 2.75) is 213 Å². The average Bonchev–Trinajstić information content (AvgIpc) is 3.24. The van der Waals surface area contributed by atoms with Crippen LogP contribution in [0.15, 0.2) is 97.2 Å². The van der Waals surface area contributed by atoms with Gasteiger partial charge in [-0.3, -0.25) is 14.4 Å². The zero-order valence-electron chi connectivity index (χ0n) is 38.7. The fourth-order valence-corrected chi connectivity index (χ4v) is 6.17. The van der Waals surface area contributed by atoms with Gasteiger partial charge in [0.15, 0.2) is 6.10 Å². The summed E-state index contributed by atoms with van der Waals surface area (Å²) < 4.78 is 16.6. The van der Waals surface area contributed by atoms with Crippen molar-refractivity contribution in [2.75, 3.05) is 13.2 Å². The molecule has 0 bridgehead atoms. The van der Waals surface area contributed by atoms with E-state index in [1.165, 1.54) is 77.0 Å². The third-order valence-electron chi connectivity index (χ3n) is 9.83. The van der Waals surface area contributed by atoms with Gasteiger partial charge in [-0.1, -0.05) is 189 Å². The molecule has 0 aliphatic heterocycles. The molecule has 0 fully saturated rings. The van der Waals surface area contributed by atoms with Crippen LogP contribution in [0.2, 0.25) is 0 Å². The Morgan fingerprint density at radius 1 is 0.367 bits per heavy atom. The van der Waals surface area contributed by atoms with Crippen molar-refractivity contribution in [3.05, 3.63) is 97.2 Å². The number of carbonyl (C=O) groups excluding carboxylic acids is 3. The molecule has 0 rings (SSSR count). The van der Waals surface area contributed by atoms with Crippen molar-refractivity contribution in [3.63, 3.8) is 0 Å². The van der Waals surface area contributed by atoms with Crippen LogP contribution in [0, 0.1) is 0 Å². The standard InChI is InChI=1S/C54H88O6/c1-4-7-10-13-16-19-22-24-26-28-29-32-35-38-41-44-47-53(56)59-50-51(49-58-52(55)46-43-40-37-34-31-21-18-15-12-9-6-3)60-54(57)48-45-42-39-36-33-30-27-25-23-20-17-14-11-8-5-2/h7,10,15-16,18-21,23-24,26,29,31-32,38,41,51H,4-6,8-9,11-14,17,22,25,27-28,30,33-37,39-40,42-50H2,1-3H3/b10-7-,18-15-,19-16-,23-20-,26-24-,31-21-,32-29-,41-38-. The molecule has 0 radical (unpaired) electrons. The molecule has 6 heteroatoms. The summed E-state index contributed by atoms with van der Waals surface area (Å²) in [5, 5.41) is 0. The molecule has 60 heavy (non-hydrogen) atoms. The molecule has 0 N–H and O–H groups in total. The minimum absolute atomic E-state index is 0.117. The summed E-state index contributed by atoms with van der Waals surface area (Å²) in [5.41, 5.74) is 0. The minimum Gasteiger partial charge on any atom is -0.462 e. The zero-order valence-corrected chi connectivity index (χ0v) is 38.7. The molecular weight excluding hydrogens is 745 g/mol. The maximum absolute atomic E-state index is 12.8. The molecule has 0 aromatic rings.